The molecule has 4 nitrogen and oxygen atoms in total. The number of hydrogen-bond donors (Lipinski definition) is 1. The maximum atomic E-state index is 12.8. The molecule has 5 heteroatoms. The van der Waals surface area contributed by atoms with Gasteiger partial charge < -0.3 is 14.3 Å². The fourth-order valence-electron chi connectivity index (χ4n) is 5.21. The van der Waals surface area contributed by atoms with Crippen molar-refractivity contribution in [3.05, 3.63) is 96.6 Å². The quantitative estimate of drug-likeness (QED) is 0.367. The molecule has 1 fully saturated rings. The van der Waals surface area contributed by atoms with E-state index in [0.717, 1.165) is 12.8 Å². The molecule has 0 unspecified atom stereocenters. The Morgan fingerprint density at radius 3 is 1.94 bits per heavy atom. The van der Waals surface area contributed by atoms with Crippen LogP contribution in [0.3, 0.4) is 0 Å². The van der Waals surface area contributed by atoms with Gasteiger partial charge in [-0.3, -0.25) is 4.79 Å². The largest absolute Gasteiger partial charge is 0.405 e. The summed E-state index contributed by atoms with van der Waals surface area (Å²) in [6, 6.07) is 30.0. The van der Waals surface area contributed by atoms with E-state index < -0.39 is 20.5 Å². The minimum atomic E-state index is -2.67. The Kier molecular flexibility index (Phi) is 8.02. The highest BCUT2D eigenvalue weighted by molar-refractivity contribution is 6.99. The van der Waals surface area contributed by atoms with Crippen molar-refractivity contribution in [3.8, 4) is 0 Å². The van der Waals surface area contributed by atoms with Crippen molar-refractivity contribution < 1.29 is 19.1 Å². The van der Waals surface area contributed by atoms with Gasteiger partial charge in [-0.1, -0.05) is 112 Å². The highest BCUT2D eigenvalue weighted by Crippen LogP contribution is 2.37. The van der Waals surface area contributed by atoms with E-state index in [-0.39, 0.29) is 16.9 Å². The predicted octanol–water partition coefficient (Wildman–Crippen LogP) is 4.74. The van der Waals surface area contributed by atoms with Gasteiger partial charge in [-0.15, -0.1) is 0 Å². The first-order valence-corrected chi connectivity index (χ1v) is 14.4. The van der Waals surface area contributed by atoms with Crippen molar-refractivity contribution >= 4 is 24.5 Å². The van der Waals surface area contributed by atoms with Crippen molar-refractivity contribution in [3.63, 3.8) is 0 Å². The molecule has 0 bridgehead atoms. The van der Waals surface area contributed by atoms with E-state index in [1.54, 1.807) is 12.1 Å². The summed E-state index contributed by atoms with van der Waals surface area (Å²) in [4.78, 5) is 12.8. The Labute approximate surface area is 210 Å². The Morgan fingerprint density at radius 2 is 1.43 bits per heavy atom. The lowest BCUT2D eigenvalue weighted by atomic mass is 9.95. The molecule has 3 aromatic rings. The maximum absolute atomic E-state index is 12.8. The van der Waals surface area contributed by atoms with E-state index in [1.807, 2.05) is 30.3 Å². The van der Waals surface area contributed by atoms with Crippen molar-refractivity contribution in [2.45, 2.75) is 63.4 Å². The zero-order chi connectivity index (χ0) is 24.9. The summed E-state index contributed by atoms with van der Waals surface area (Å²) in [7, 11) is -2.67. The molecule has 4 rings (SSSR count). The summed E-state index contributed by atoms with van der Waals surface area (Å²) < 4.78 is 13.3. The monoisotopic (exact) mass is 488 g/mol. The minimum Gasteiger partial charge on any atom is -0.405 e. The highest BCUT2D eigenvalue weighted by atomic mass is 28.4. The van der Waals surface area contributed by atoms with Gasteiger partial charge in [-0.25, -0.2) is 0 Å². The van der Waals surface area contributed by atoms with Crippen LogP contribution < -0.4 is 10.4 Å². The van der Waals surface area contributed by atoms with Gasteiger partial charge in [-0.2, -0.15) is 0 Å². The standard InChI is InChI=1S/C30H36O4Si/c1-30(2,3)35(25-17-9-5-10-18-25,26-19-11-6-12-20-26)33-22-24-16-13-21-27(34-24)29(32)28(31)23-14-7-4-8-15-23/h4-12,14-15,17-20,24,27,29,32H,13,16,21-22H2,1-3H3/t24-,27-,29+/m1/s1. The number of carbonyl (C=O) groups excluding carboxylic acids is 1. The summed E-state index contributed by atoms with van der Waals surface area (Å²) >= 11 is 0. The highest BCUT2D eigenvalue weighted by Gasteiger charge is 2.50. The molecule has 184 valence electrons. The number of carbonyl (C=O) groups is 1. The van der Waals surface area contributed by atoms with E-state index >= 15 is 0 Å². The number of ether oxygens (including phenoxy) is 1. The van der Waals surface area contributed by atoms with Crippen LogP contribution in [0.5, 0.6) is 0 Å². The number of rotatable bonds is 8. The Balaban J connectivity index is 1.56. The smallest absolute Gasteiger partial charge is 0.261 e. The average molecular weight is 489 g/mol. The summed E-state index contributed by atoms with van der Waals surface area (Å²) in [5.41, 5.74) is 0.509. The zero-order valence-electron chi connectivity index (χ0n) is 20.9. The van der Waals surface area contributed by atoms with Crippen LogP contribution in [0.15, 0.2) is 91.0 Å². The molecule has 0 amide bonds. The van der Waals surface area contributed by atoms with Crippen molar-refractivity contribution in [1.29, 1.82) is 0 Å². The lowest BCUT2D eigenvalue weighted by molar-refractivity contribution is -0.106. The van der Waals surface area contributed by atoms with Gasteiger partial charge in [0, 0.05) is 5.56 Å². The molecular formula is C30H36O4Si. The topological polar surface area (TPSA) is 55.8 Å². The molecule has 3 aromatic carbocycles. The fraction of sp³-hybridized carbons (Fsp3) is 0.367. The van der Waals surface area contributed by atoms with Crippen LogP contribution in [0.2, 0.25) is 5.04 Å². The second kappa shape index (κ2) is 11.0. The molecule has 0 aromatic heterocycles. The third-order valence-electron chi connectivity index (χ3n) is 6.96. The molecule has 1 aliphatic heterocycles. The summed E-state index contributed by atoms with van der Waals surface area (Å²) in [6.45, 7) is 7.19. The maximum Gasteiger partial charge on any atom is 0.261 e. The van der Waals surface area contributed by atoms with Gasteiger partial charge in [0.1, 0.15) is 6.10 Å². The number of aliphatic hydroxyl groups is 1. The molecule has 0 aliphatic carbocycles. The zero-order valence-corrected chi connectivity index (χ0v) is 21.9. The Morgan fingerprint density at radius 1 is 0.914 bits per heavy atom. The second-order valence-corrected chi connectivity index (χ2v) is 14.7. The molecule has 35 heavy (non-hydrogen) atoms. The van der Waals surface area contributed by atoms with Crippen molar-refractivity contribution in [2.75, 3.05) is 6.61 Å². The first-order chi connectivity index (χ1) is 16.8. The van der Waals surface area contributed by atoms with Gasteiger partial charge in [-0.05, 0) is 34.7 Å². The summed E-state index contributed by atoms with van der Waals surface area (Å²) in [6.07, 6.45) is 0.528. The minimum absolute atomic E-state index is 0.118. The number of benzene rings is 3. The second-order valence-electron chi connectivity index (χ2n) is 10.4. The van der Waals surface area contributed by atoms with E-state index in [9.17, 15) is 9.90 Å². The molecule has 1 heterocycles. The predicted molar refractivity (Wildman–Crippen MR) is 143 cm³/mol. The van der Waals surface area contributed by atoms with Gasteiger partial charge >= 0.3 is 0 Å². The molecule has 1 N–H and O–H groups in total. The van der Waals surface area contributed by atoms with E-state index in [2.05, 4.69) is 69.3 Å². The number of aliphatic hydroxyl groups excluding tert-OH is 1. The third-order valence-corrected chi connectivity index (χ3v) is 12.0. The molecular weight excluding hydrogens is 452 g/mol. The van der Waals surface area contributed by atoms with Gasteiger partial charge in [0.05, 0.1) is 18.8 Å². The molecule has 3 atom stereocenters. The fourth-order valence-corrected chi connectivity index (χ4v) is 9.80. The molecule has 0 radical (unpaired) electrons. The Bertz CT molecular complexity index is 1040. The van der Waals surface area contributed by atoms with Crippen LogP contribution in [0, 0.1) is 0 Å². The number of ketones is 1. The van der Waals surface area contributed by atoms with E-state index in [1.165, 1.54) is 10.4 Å². The SMILES string of the molecule is CC(C)(C)[Si](OC[C@H]1CCC[C@H]([C@H](O)C(=O)c2ccccc2)O1)(c1ccccc1)c1ccccc1. The first kappa shape index (κ1) is 25.5. The molecule has 1 saturated heterocycles. The van der Waals surface area contributed by atoms with Crippen LogP contribution >= 0.6 is 0 Å². The molecule has 1 aliphatic rings. The van der Waals surface area contributed by atoms with Crippen molar-refractivity contribution in [2.24, 2.45) is 0 Å². The van der Waals surface area contributed by atoms with Crippen LogP contribution in [0.25, 0.3) is 0 Å². The van der Waals surface area contributed by atoms with Crippen molar-refractivity contribution in [1.82, 2.24) is 0 Å². The van der Waals surface area contributed by atoms with E-state index in [4.69, 9.17) is 9.16 Å². The van der Waals surface area contributed by atoms with E-state index in [0.29, 0.717) is 18.6 Å². The van der Waals surface area contributed by atoms with Crippen LogP contribution in [-0.4, -0.2) is 44.1 Å². The lowest BCUT2D eigenvalue weighted by Crippen LogP contribution is -2.67. The summed E-state index contributed by atoms with van der Waals surface area (Å²) in [5.74, 6) is -0.288. The normalized spacial score (nSPS) is 19.8. The molecule has 0 saturated carbocycles. The van der Waals surface area contributed by atoms with Crippen LogP contribution in [0.4, 0.5) is 0 Å². The number of Topliss-reactive ketones (excluding diaryl/α,β-unsaturated/α-hetero) is 1. The van der Waals surface area contributed by atoms with Gasteiger partial charge in [0.2, 0.25) is 0 Å². The first-order valence-electron chi connectivity index (χ1n) is 12.5. The lowest BCUT2D eigenvalue weighted by Gasteiger charge is -2.44. The van der Waals surface area contributed by atoms with Gasteiger partial charge in [0.25, 0.3) is 8.32 Å². The number of hydrogen-bond acceptors (Lipinski definition) is 4. The Hall–Kier alpha value is -2.57. The average Bonchev–Trinajstić information content (AvgIpc) is 2.89. The molecule has 0 spiro atoms. The third kappa shape index (κ3) is 5.49. The summed E-state index contributed by atoms with van der Waals surface area (Å²) in [5, 5.41) is 13.2. The van der Waals surface area contributed by atoms with Gasteiger partial charge in [0.15, 0.2) is 5.78 Å². The van der Waals surface area contributed by atoms with Crippen LogP contribution in [-0.2, 0) is 9.16 Å². The van der Waals surface area contributed by atoms with Crippen LogP contribution in [0.1, 0.15) is 50.4 Å².